The first-order chi connectivity index (χ1) is 14.6. The first-order valence-electron chi connectivity index (χ1n) is 9.76. The van der Waals surface area contributed by atoms with Crippen LogP contribution in [0.4, 0.5) is 0 Å². The maximum absolute atomic E-state index is 13.0. The van der Waals surface area contributed by atoms with Crippen molar-refractivity contribution in [3.8, 4) is 0 Å². The Morgan fingerprint density at radius 2 is 1.50 bits per heavy atom. The smallest absolute Gasteiger partial charge is 0.295 e. The highest BCUT2D eigenvalue weighted by molar-refractivity contribution is 6.46. The highest BCUT2D eigenvalue weighted by atomic mass is 16.3. The molecule has 1 amide bonds. The molecule has 150 valence electrons. The molecule has 1 unspecified atom stereocenters. The van der Waals surface area contributed by atoms with Crippen molar-refractivity contribution in [2.45, 2.75) is 25.9 Å². The molecule has 4 rings (SSSR count). The fourth-order valence-corrected chi connectivity index (χ4v) is 3.67. The van der Waals surface area contributed by atoms with E-state index in [0.29, 0.717) is 11.1 Å². The number of nitrogens with zero attached hydrogens (tertiary/aromatic N) is 3. The molecule has 1 N–H and O–H groups in total. The number of aliphatic hydroxyl groups excluding tert-OH is 1. The third-order valence-electron chi connectivity index (χ3n) is 5.30. The van der Waals surface area contributed by atoms with E-state index in [-0.39, 0.29) is 17.9 Å². The molecule has 1 fully saturated rings. The van der Waals surface area contributed by atoms with Crippen LogP contribution < -0.4 is 0 Å². The summed E-state index contributed by atoms with van der Waals surface area (Å²) >= 11 is 0. The first-order valence-corrected chi connectivity index (χ1v) is 9.76. The second-order valence-corrected chi connectivity index (χ2v) is 7.11. The van der Waals surface area contributed by atoms with Crippen LogP contribution in [-0.2, 0) is 22.6 Å². The van der Waals surface area contributed by atoms with E-state index >= 15 is 0 Å². The van der Waals surface area contributed by atoms with Gasteiger partial charge in [-0.05, 0) is 47.4 Å². The minimum absolute atomic E-state index is 0.0875. The van der Waals surface area contributed by atoms with Crippen LogP contribution in [0, 0.1) is 0 Å². The number of carbonyl (C=O) groups is 2. The Kier molecular flexibility index (Phi) is 5.39. The fourth-order valence-electron chi connectivity index (χ4n) is 3.67. The van der Waals surface area contributed by atoms with Crippen LogP contribution in [0.25, 0.3) is 5.76 Å². The Morgan fingerprint density at radius 1 is 0.900 bits per heavy atom. The molecule has 3 heterocycles. The van der Waals surface area contributed by atoms with Gasteiger partial charge in [0.25, 0.3) is 11.7 Å². The van der Waals surface area contributed by atoms with Gasteiger partial charge in [-0.2, -0.15) is 0 Å². The van der Waals surface area contributed by atoms with Gasteiger partial charge in [-0.3, -0.25) is 19.6 Å². The Labute approximate surface area is 174 Å². The number of ketones is 1. The number of likely N-dealkylation sites (tertiary alicyclic amines) is 1. The fraction of sp³-hybridized carbons (Fsp3) is 0.167. The van der Waals surface area contributed by atoms with Crippen molar-refractivity contribution in [1.82, 2.24) is 14.9 Å². The molecule has 2 aromatic heterocycles. The van der Waals surface area contributed by atoms with Gasteiger partial charge >= 0.3 is 0 Å². The monoisotopic (exact) mass is 399 g/mol. The van der Waals surface area contributed by atoms with Gasteiger partial charge < -0.3 is 10.0 Å². The van der Waals surface area contributed by atoms with E-state index in [4.69, 9.17) is 0 Å². The molecular formula is C24H21N3O3. The molecule has 1 atom stereocenters. The number of hydrogen-bond donors (Lipinski definition) is 1. The van der Waals surface area contributed by atoms with Gasteiger partial charge in [0.05, 0.1) is 11.6 Å². The van der Waals surface area contributed by atoms with E-state index in [9.17, 15) is 14.7 Å². The molecule has 0 radical (unpaired) electrons. The van der Waals surface area contributed by atoms with Crippen molar-refractivity contribution < 1.29 is 14.7 Å². The lowest BCUT2D eigenvalue weighted by molar-refractivity contribution is -0.140. The van der Waals surface area contributed by atoms with Gasteiger partial charge in [0.1, 0.15) is 5.76 Å². The van der Waals surface area contributed by atoms with Crippen LogP contribution in [-0.4, -0.2) is 31.7 Å². The maximum Gasteiger partial charge on any atom is 0.295 e. The Balaban J connectivity index is 1.83. The second kappa shape index (κ2) is 8.29. The zero-order chi connectivity index (χ0) is 21.1. The molecule has 30 heavy (non-hydrogen) atoms. The van der Waals surface area contributed by atoms with E-state index in [1.807, 2.05) is 19.1 Å². The summed E-state index contributed by atoms with van der Waals surface area (Å²) in [5.41, 5.74) is 3.27. The molecule has 0 spiro atoms. The van der Waals surface area contributed by atoms with Crippen LogP contribution >= 0.6 is 0 Å². The number of carbonyl (C=O) groups excluding carboxylic acids is 2. The van der Waals surface area contributed by atoms with Gasteiger partial charge in [-0.1, -0.05) is 31.2 Å². The average Bonchev–Trinajstić information content (AvgIpc) is 3.05. The molecule has 6 nitrogen and oxygen atoms in total. The van der Waals surface area contributed by atoms with Crippen molar-refractivity contribution in [3.63, 3.8) is 0 Å². The highest BCUT2D eigenvalue weighted by Gasteiger charge is 2.46. The summed E-state index contributed by atoms with van der Waals surface area (Å²) in [5, 5.41) is 11.0. The Hall–Kier alpha value is -3.80. The van der Waals surface area contributed by atoms with Crippen molar-refractivity contribution in [1.29, 1.82) is 0 Å². The third-order valence-corrected chi connectivity index (χ3v) is 5.30. The van der Waals surface area contributed by atoms with Gasteiger partial charge in [0, 0.05) is 36.9 Å². The van der Waals surface area contributed by atoms with Crippen LogP contribution in [0.15, 0.2) is 78.9 Å². The zero-order valence-electron chi connectivity index (χ0n) is 16.5. The molecule has 0 aliphatic carbocycles. The van der Waals surface area contributed by atoms with Crippen LogP contribution in [0.1, 0.15) is 35.2 Å². The molecule has 1 aromatic carbocycles. The predicted molar refractivity (Wildman–Crippen MR) is 112 cm³/mol. The molecule has 3 aromatic rings. The largest absolute Gasteiger partial charge is 0.507 e. The molecule has 1 saturated heterocycles. The summed E-state index contributed by atoms with van der Waals surface area (Å²) in [5.74, 6) is -1.50. The third kappa shape index (κ3) is 3.59. The standard InChI is InChI=1S/C24H21N3O3/c1-2-16-3-5-19(6-4-16)22(28)20-21(18-9-13-26-14-10-18)27(24(30)23(20)29)15-17-7-11-25-12-8-17/h3-14,21,28H,2,15H2,1H3/b22-20+. The summed E-state index contributed by atoms with van der Waals surface area (Å²) in [4.78, 5) is 35.5. The number of aliphatic hydroxyl groups is 1. The molecule has 0 bridgehead atoms. The Bertz CT molecular complexity index is 1090. The van der Waals surface area contributed by atoms with Crippen LogP contribution in [0.5, 0.6) is 0 Å². The van der Waals surface area contributed by atoms with Gasteiger partial charge in [0.15, 0.2) is 0 Å². The summed E-state index contributed by atoms with van der Waals surface area (Å²) in [6, 6.07) is 13.8. The van der Waals surface area contributed by atoms with Gasteiger partial charge in [0.2, 0.25) is 0 Å². The average molecular weight is 399 g/mol. The van der Waals surface area contributed by atoms with E-state index in [1.54, 1.807) is 61.2 Å². The Morgan fingerprint density at radius 3 is 2.10 bits per heavy atom. The van der Waals surface area contributed by atoms with Gasteiger partial charge in [-0.25, -0.2) is 0 Å². The first kappa shape index (κ1) is 19.5. The number of benzene rings is 1. The topological polar surface area (TPSA) is 83.4 Å². The van der Waals surface area contributed by atoms with E-state index in [2.05, 4.69) is 9.97 Å². The number of pyridine rings is 2. The number of rotatable bonds is 5. The molecule has 1 aliphatic rings. The number of Topliss-reactive ketones (excluding diaryl/α,β-unsaturated/α-hetero) is 1. The minimum atomic E-state index is -0.702. The SMILES string of the molecule is CCc1ccc(/C(O)=C2\C(=O)C(=O)N(Cc3ccncc3)C2c2ccncc2)cc1. The molecule has 6 heteroatoms. The van der Waals surface area contributed by atoms with E-state index in [0.717, 1.165) is 17.5 Å². The number of amides is 1. The number of aromatic nitrogens is 2. The van der Waals surface area contributed by atoms with Crippen LogP contribution in [0.3, 0.4) is 0 Å². The van der Waals surface area contributed by atoms with Gasteiger partial charge in [-0.15, -0.1) is 0 Å². The number of aryl methyl sites for hydroxylation is 1. The summed E-state index contributed by atoms with van der Waals surface area (Å²) in [6.45, 7) is 2.27. The van der Waals surface area contributed by atoms with Crippen molar-refractivity contribution in [3.05, 3.63) is 101 Å². The van der Waals surface area contributed by atoms with Crippen molar-refractivity contribution >= 4 is 17.4 Å². The normalized spacial score (nSPS) is 18.0. The van der Waals surface area contributed by atoms with Crippen molar-refractivity contribution in [2.75, 3.05) is 0 Å². The minimum Gasteiger partial charge on any atom is -0.507 e. The summed E-state index contributed by atoms with van der Waals surface area (Å²) < 4.78 is 0. The maximum atomic E-state index is 13.0. The molecule has 0 saturated carbocycles. The molecular weight excluding hydrogens is 378 g/mol. The zero-order valence-corrected chi connectivity index (χ0v) is 16.5. The lowest BCUT2D eigenvalue weighted by atomic mass is 9.95. The highest BCUT2D eigenvalue weighted by Crippen LogP contribution is 2.40. The van der Waals surface area contributed by atoms with Crippen molar-refractivity contribution in [2.24, 2.45) is 0 Å². The summed E-state index contributed by atoms with van der Waals surface area (Å²) in [7, 11) is 0. The molecule has 1 aliphatic heterocycles. The van der Waals surface area contributed by atoms with Crippen LogP contribution in [0.2, 0.25) is 0 Å². The van der Waals surface area contributed by atoms with E-state index < -0.39 is 17.7 Å². The quantitative estimate of drug-likeness (QED) is 0.402. The summed E-state index contributed by atoms with van der Waals surface area (Å²) in [6.07, 6.45) is 7.37. The second-order valence-electron chi connectivity index (χ2n) is 7.11. The lowest BCUT2D eigenvalue weighted by Gasteiger charge is -2.25. The van der Waals surface area contributed by atoms with E-state index in [1.165, 1.54) is 4.90 Å². The lowest BCUT2D eigenvalue weighted by Crippen LogP contribution is -2.29. The number of hydrogen-bond acceptors (Lipinski definition) is 5. The predicted octanol–water partition coefficient (Wildman–Crippen LogP) is 3.66.